The maximum absolute atomic E-state index is 13.0. The van der Waals surface area contributed by atoms with Crippen LogP contribution in [0.3, 0.4) is 0 Å². The average molecular weight is 356 g/mol. The summed E-state index contributed by atoms with van der Waals surface area (Å²) < 4.78 is 18.9. The first kappa shape index (κ1) is 18.4. The highest BCUT2D eigenvalue weighted by Crippen LogP contribution is 2.19. The maximum atomic E-state index is 13.0. The zero-order valence-electron chi connectivity index (χ0n) is 14.9. The minimum Gasteiger partial charge on any atom is -0.489 e. The van der Waals surface area contributed by atoms with Crippen LogP contribution in [-0.2, 0) is 17.9 Å². The molecule has 1 fully saturated rings. The average Bonchev–Trinajstić information content (AvgIpc) is 3.07. The summed E-state index contributed by atoms with van der Waals surface area (Å²) in [5.74, 6) is 0.873. The molecule has 1 heterocycles. The van der Waals surface area contributed by atoms with Crippen molar-refractivity contribution in [1.29, 1.82) is 0 Å². The van der Waals surface area contributed by atoms with E-state index in [1.54, 1.807) is 12.1 Å². The third-order valence-electron chi connectivity index (χ3n) is 4.55. The van der Waals surface area contributed by atoms with E-state index < -0.39 is 0 Å². The largest absolute Gasteiger partial charge is 0.489 e. The Morgan fingerprint density at radius 3 is 2.69 bits per heavy atom. The second-order valence-electron chi connectivity index (χ2n) is 6.54. The van der Waals surface area contributed by atoms with Gasteiger partial charge in [-0.15, -0.1) is 0 Å². The molecule has 3 rings (SSSR count). The number of para-hydroxylation sites is 1. The van der Waals surface area contributed by atoms with Crippen molar-refractivity contribution in [2.45, 2.75) is 32.4 Å². The van der Waals surface area contributed by atoms with Crippen molar-refractivity contribution in [1.82, 2.24) is 10.2 Å². The van der Waals surface area contributed by atoms with Crippen LogP contribution in [0, 0.1) is 5.82 Å². The number of nitrogens with zero attached hydrogens (tertiary/aromatic N) is 1. The van der Waals surface area contributed by atoms with Gasteiger partial charge in [0.2, 0.25) is 5.91 Å². The summed E-state index contributed by atoms with van der Waals surface area (Å²) in [6.45, 7) is 3.71. The number of hydrogen-bond donors (Lipinski definition) is 1. The van der Waals surface area contributed by atoms with Gasteiger partial charge in [0.1, 0.15) is 18.2 Å². The number of nitrogens with one attached hydrogen (secondary N) is 1. The van der Waals surface area contributed by atoms with E-state index in [-0.39, 0.29) is 11.7 Å². The Hall–Kier alpha value is -2.40. The molecular weight excluding hydrogens is 331 g/mol. The molecule has 1 aliphatic rings. The van der Waals surface area contributed by atoms with Gasteiger partial charge in [-0.25, -0.2) is 4.39 Å². The lowest BCUT2D eigenvalue weighted by molar-refractivity contribution is -0.127. The van der Waals surface area contributed by atoms with Crippen molar-refractivity contribution >= 4 is 5.91 Å². The van der Waals surface area contributed by atoms with Gasteiger partial charge in [0, 0.05) is 31.6 Å². The van der Waals surface area contributed by atoms with Crippen LogP contribution in [0.2, 0.25) is 0 Å². The van der Waals surface area contributed by atoms with Gasteiger partial charge >= 0.3 is 0 Å². The van der Waals surface area contributed by atoms with E-state index in [0.29, 0.717) is 19.6 Å². The topological polar surface area (TPSA) is 41.6 Å². The monoisotopic (exact) mass is 356 g/mol. The zero-order chi connectivity index (χ0) is 18.2. The molecule has 2 aromatic carbocycles. The second kappa shape index (κ2) is 9.34. The van der Waals surface area contributed by atoms with Crippen LogP contribution in [0.15, 0.2) is 48.5 Å². The first-order valence-electron chi connectivity index (χ1n) is 9.16. The minimum absolute atomic E-state index is 0.242. The molecular formula is C21H25FN2O2. The molecule has 0 saturated carbocycles. The molecule has 1 saturated heterocycles. The van der Waals surface area contributed by atoms with Gasteiger partial charge in [-0.2, -0.15) is 0 Å². The predicted octanol–water partition coefficient (Wildman–Crippen LogP) is 3.51. The van der Waals surface area contributed by atoms with Gasteiger partial charge in [-0.3, -0.25) is 4.79 Å². The number of rotatable bonds is 9. The zero-order valence-corrected chi connectivity index (χ0v) is 14.9. The summed E-state index contributed by atoms with van der Waals surface area (Å²) in [5, 5.41) is 3.42. The number of ether oxygens (including phenoxy) is 1. The van der Waals surface area contributed by atoms with Gasteiger partial charge < -0.3 is 15.0 Å². The highest BCUT2D eigenvalue weighted by molar-refractivity contribution is 5.77. The van der Waals surface area contributed by atoms with E-state index in [1.807, 2.05) is 29.2 Å². The Balaban J connectivity index is 1.43. The van der Waals surface area contributed by atoms with Gasteiger partial charge in [0.25, 0.3) is 0 Å². The molecule has 4 nitrogen and oxygen atoms in total. The summed E-state index contributed by atoms with van der Waals surface area (Å²) in [4.78, 5) is 13.5. The van der Waals surface area contributed by atoms with Crippen molar-refractivity contribution in [2.24, 2.45) is 0 Å². The normalized spacial score (nSPS) is 14.0. The fourth-order valence-electron chi connectivity index (χ4n) is 3.09. The van der Waals surface area contributed by atoms with Gasteiger partial charge in [0.15, 0.2) is 0 Å². The first-order chi connectivity index (χ1) is 12.7. The fraction of sp³-hybridized carbons (Fsp3) is 0.381. The lowest BCUT2D eigenvalue weighted by atomic mass is 10.2. The second-order valence-corrected chi connectivity index (χ2v) is 6.54. The Kier molecular flexibility index (Phi) is 6.61. The number of benzene rings is 2. The van der Waals surface area contributed by atoms with Gasteiger partial charge in [-0.05, 0) is 43.1 Å². The van der Waals surface area contributed by atoms with Gasteiger partial charge in [-0.1, -0.05) is 30.3 Å². The molecule has 0 aromatic heterocycles. The van der Waals surface area contributed by atoms with Crippen molar-refractivity contribution in [3.05, 3.63) is 65.5 Å². The molecule has 0 unspecified atom stereocenters. The molecule has 0 atom stereocenters. The van der Waals surface area contributed by atoms with Crippen LogP contribution in [0.1, 0.15) is 30.4 Å². The Morgan fingerprint density at radius 1 is 1.12 bits per heavy atom. The third-order valence-corrected chi connectivity index (χ3v) is 4.55. The van der Waals surface area contributed by atoms with Gasteiger partial charge in [0.05, 0.1) is 0 Å². The highest BCUT2D eigenvalue weighted by Gasteiger charge is 2.18. The van der Waals surface area contributed by atoms with Crippen LogP contribution in [0.5, 0.6) is 5.75 Å². The molecule has 2 aromatic rings. The number of amides is 1. The van der Waals surface area contributed by atoms with Crippen molar-refractivity contribution < 1.29 is 13.9 Å². The Morgan fingerprint density at radius 2 is 1.92 bits per heavy atom. The lowest BCUT2D eigenvalue weighted by Crippen LogP contribution is -2.28. The quantitative estimate of drug-likeness (QED) is 0.699. The van der Waals surface area contributed by atoms with Crippen molar-refractivity contribution in [3.63, 3.8) is 0 Å². The van der Waals surface area contributed by atoms with E-state index in [0.717, 1.165) is 49.4 Å². The summed E-state index contributed by atoms with van der Waals surface area (Å²) in [7, 11) is 0. The fourth-order valence-corrected chi connectivity index (χ4v) is 3.09. The van der Waals surface area contributed by atoms with Crippen LogP contribution < -0.4 is 10.1 Å². The number of carbonyl (C=O) groups excluding carboxylic acids is 1. The number of hydrogen-bond acceptors (Lipinski definition) is 3. The molecule has 5 heteroatoms. The molecule has 26 heavy (non-hydrogen) atoms. The molecule has 1 N–H and O–H groups in total. The standard InChI is InChI=1S/C21H25FN2O2/c22-19-10-8-17(9-11-19)16-26-20-6-2-1-5-18(20)15-23-12-4-14-24-13-3-7-21(24)25/h1-2,5-6,8-11,23H,3-4,7,12-16H2. The number of halogens is 1. The lowest BCUT2D eigenvalue weighted by Gasteiger charge is -2.16. The summed E-state index contributed by atoms with van der Waals surface area (Å²) in [6.07, 6.45) is 2.64. The van der Waals surface area contributed by atoms with E-state index in [2.05, 4.69) is 5.32 Å². The van der Waals surface area contributed by atoms with E-state index >= 15 is 0 Å². The molecule has 1 amide bonds. The summed E-state index contributed by atoms with van der Waals surface area (Å²) in [6, 6.07) is 14.3. The summed E-state index contributed by atoms with van der Waals surface area (Å²) in [5.41, 5.74) is 2.02. The molecule has 138 valence electrons. The minimum atomic E-state index is -0.242. The smallest absolute Gasteiger partial charge is 0.222 e. The maximum Gasteiger partial charge on any atom is 0.222 e. The van der Waals surface area contributed by atoms with E-state index in [9.17, 15) is 9.18 Å². The predicted molar refractivity (Wildman–Crippen MR) is 99.3 cm³/mol. The molecule has 0 bridgehead atoms. The van der Waals surface area contributed by atoms with Crippen LogP contribution >= 0.6 is 0 Å². The van der Waals surface area contributed by atoms with Crippen molar-refractivity contribution in [3.8, 4) is 5.75 Å². The molecule has 0 aliphatic carbocycles. The number of carbonyl (C=O) groups is 1. The van der Waals surface area contributed by atoms with Crippen molar-refractivity contribution in [2.75, 3.05) is 19.6 Å². The number of likely N-dealkylation sites (tertiary alicyclic amines) is 1. The molecule has 0 spiro atoms. The Bertz CT molecular complexity index is 718. The summed E-state index contributed by atoms with van der Waals surface area (Å²) >= 11 is 0. The van der Waals surface area contributed by atoms with Crippen LogP contribution in [0.4, 0.5) is 4.39 Å². The van der Waals surface area contributed by atoms with Crippen LogP contribution in [-0.4, -0.2) is 30.4 Å². The highest BCUT2D eigenvalue weighted by atomic mass is 19.1. The first-order valence-corrected chi connectivity index (χ1v) is 9.16. The Labute approximate surface area is 154 Å². The van der Waals surface area contributed by atoms with E-state index in [4.69, 9.17) is 4.74 Å². The van der Waals surface area contributed by atoms with E-state index in [1.165, 1.54) is 12.1 Å². The molecule has 0 radical (unpaired) electrons. The SMILES string of the molecule is O=C1CCCN1CCCNCc1ccccc1OCc1ccc(F)cc1. The third kappa shape index (κ3) is 5.30. The molecule has 1 aliphatic heterocycles. The van der Waals surface area contributed by atoms with Crippen LogP contribution in [0.25, 0.3) is 0 Å².